The fraction of sp³-hybridized carbons (Fsp3) is 0.360. The summed E-state index contributed by atoms with van der Waals surface area (Å²) < 4.78 is 22.0. The fourth-order valence-electron chi connectivity index (χ4n) is 4.17. The highest BCUT2D eigenvalue weighted by molar-refractivity contribution is 7.99. The minimum atomic E-state index is -0.508. The number of nitrogens with zero attached hydrogens (tertiary/aromatic N) is 4. The number of amides is 1. The van der Waals surface area contributed by atoms with Crippen molar-refractivity contribution in [2.45, 2.75) is 19.4 Å². The third-order valence-corrected chi connectivity index (χ3v) is 7.23. The molecule has 0 radical (unpaired) electrons. The number of nitrogens with two attached hydrogens (primary N) is 1. The molecule has 0 bridgehead atoms. The summed E-state index contributed by atoms with van der Waals surface area (Å²) >= 11 is 1.92. The van der Waals surface area contributed by atoms with E-state index in [2.05, 4.69) is 25.7 Å². The number of hydrogen-bond donors (Lipinski definition) is 3. The molecule has 1 amide bonds. The van der Waals surface area contributed by atoms with E-state index in [0.29, 0.717) is 46.6 Å². The van der Waals surface area contributed by atoms with Gasteiger partial charge in [-0.05, 0) is 49.1 Å². The van der Waals surface area contributed by atoms with Gasteiger partial charge in [-0.3, -0.25) is 9.48 Å². The number of thioether (sulfide) groups is 1. The minimum absolute atomic E-state index is 0.0619. The lowest BCUT2D eigenvalue weighted by atomic mass is 10.1. The Morgan fingerprint density at radius 1 is 1.36 bits per heavy atom. The summed E-state index contributed by atoms with van der Waals surface area (Å²) in [6.07, 6.45) is 4.46. The molecule has 2 aromatic heterocycles. The Morgan fingerprint density at radius 2 is 2.22 bits per heavy atom. The third kappa shape index (κ3) is 5.21. The Hall–Kier alpha value is -3.44. The van der Waals surface area contributed by atoms with Crippen molar-refractivity contribution in [2.75, 3.05) is 35.3 Å². The molecule has 0 saturated carbocycles. The van der Waals surface area contributed by atoms with Crippen LogP contribution in [0.25, 0.3) is 21.8 Å². The second-order valence-electron chi connectivity index (χ2n) is 9.13. The lowest BCUT2D eigenvalue weighted by molar-refractivity contribution is 0.102. The van der Waals surface area contributed by atoms with Gasteiger partial charge in [-0.2, -0.15) is 21.8 Å². The maximum absolute atomic E-state index is 14.6. The van der Waals surface area contributed by atoms with E-state index in [4.69, 9.17) is 10.5 Å². The van der Waals surface area contributed by atoms with Gasteiger partial charge in [0.15, 0.2) is 5.82 Å². The molecule has 0 aliphatic carbocycles. The summed E-state index contributed by atoms with van der Waals surface area (Å²) in [6.45, 7) is 2.98. The van der Waals surface area contributed by atoms with E-state index in [1.807, 2.05) is 18.7 Å². The highest BCUT2D eigenvalue weighted by atomic mass is 32.2. The largest absolute Gasteiger partial charge is 0.463 e. The molecule has 1 aliphatic heterocycles. The molecule has 36 heavy (non-hydrogen) atoms. The summed E-state index contributed by atoms with van der Waals surface area (Å²) in [5.74, 6) is 1.74. The van der Waals surface area contributed by atoms with Crippen molar-refractivity contribution in [1.82, 2.24) is 19.7 Å². The number of aryl methyl sites for hydroxylation is 1. The van der Waals surface area contributed by atoms with Crippen LogP contribution in [-0.2, 0) is 7.05 Å². The van der Waals surface area contributed by atoms with E-state index in [9.17, 15) is 9.18 Å². The summed E-state index contributed by atoms with van der Waals surface area (Å²) in [4.78, 5) is 22.3. The number of ether oxygens (including phenoxy) is 1. The normalized spacial score (nSPS) is 16.4. The molecule has 1 saturated heterocycles. The van der Waals surface area contributed by atoms with Crippen molar-refractivity contribution in [3.63, 3.8) is 0 Å². The lowest BCUT2D eigenvalue weighted by Crippen LogP contribution is -2.25. The van der Waals surface area contributed by atoms with Crippen molar-refractivity contribution in [2.24, 2.45) is 18.7 Å². The van der Waals surface area contributed by atoms with Gasteiger partial charge >= 0.3 is 6.01 Å². The van der Waals surface area contributed by atoms with Gasteiger partial charge in [-0.1, -0.05) is 0 Å². The average Bonchev–Trinajstić information content (AvgIpc) is 3.50. The smallest absolute Gasteiger partial charge is 0.316 e. The van der Waals surface area contributed by atoms with Crippen molar-refractivity contribution < 1.29 is 13.9 Å². The summed E-state index contributed by atoms with van der Waals surface area (Å²) in [5.41, 5.74) is 8.02. The zero-order chi connectivity index (χ0) is 25.2. The van der Waals surface area contributed by atoms with Crippen LogP contribution in [0.2, 0.25) is 0 Å². The maximum atomic E-state index is 14.6. The first-order valence-electron chi connectivity index (χ1n) is 11.8. The van der Waals surface area contributed by atoms with Crippen LogP contribution in [0.15, 0.2) is 36.7 Å². The molecule has 4 N–H and O–H groups in total. The molecule has 3 heterocycles. The van der Waals surface area contributed by atoms with Gasteiger partial charge < -0.3 is 21.1 Å². The predicted molar refractivity (Wildman–Crippen MR) is 141 cm³/mol. The first-order chi connectivity index (χ1) is 17.4. The number of carbonyl (C=O) groups is 1. The molecule has 1 fully saturated rings. The third-order valence-electron chi connectivity index (χ3n) is 5.99. The number of aromatic nitrogens is 4. The Morgan fingerprint density at radius 3 is 3.00 bits per heavy atom. The van der Waals surface area contributed by atoms with Crippen LogP contribution in [0.1, 0.15) is 23.7 Å². The first kappa shape index (κ1) is 24.3. The number of carbonyl (C=O) groups excluding carboxylic acids is 1. The Bertz CT molecular complexity index is 1420. The standard InChI is InChI=1S/C25H28FN7O2S/c1-14(27)9-28-21-4-3-18(23-19(21)10-29-25(31-23)35-12-15-5-6-36-13-15)24(34)30-17-7-16-11-33(2)32-22(16)20(26)8-17/h3-4,7-8,10-11,14-15,28H,5-6,9,12-13,27H2,1-2H3,(H,30,34)/t14-,15?/m0/s1. The molecular formula is C25H28FN7O2S. The molecule has 188 valence electrons. The lowest BCUT2D eigenvalue weighted by Gasteiger charge is -2.15. The molecule has 2 aromatic carbocycles. The topological polar surface area (TPSA) is 120 Å². The fourth-order valence-corrected chi connectivity index (χ4v) is 5.43. The molecule has 4 aromatic rings. The molecule has 1 aliphatic rings. The van der Waals surface area contributed by atoms with E-state index in [-0.39, 0.29) is 17.6 Å². The summed E-state index contributed by atoms with van der Waals surface area (Å²) in [7, 11) is 1.72. The molecule has 9 nitrogen and oxygen atoms in total. The van der Waals surface area contributed by atoms with Crippen LogP contribution >= 0.6 is 11.8 Å². The van der Waals surface area contributed by atoms with Crippen molar-refractivity contribution in [1.29, 1.82) is 0 Å². The monoisotopic (exact) mass is 509 g/mol. The maximum Gasteiger partial charge on any atom is 0.316 e. The van der Waals surface area contributed by atoms with Gasteiger partial charge in [-0.25, -0.2) is 9.37 Å². The molecule has 0 spiro atoms. The van der Waals surface area contributed by atoms with Crippen LogP contribution in [0.5, 0.6) is 6.01 Å². The number of nitrogens with one attached hydrogen (secondary N) is 2. The zero-order valence-electron chi connectivity index (χ0n) is 20.1. The molecule has 5 rings (SSSR count). The van der Waals surface area contributed by atoms with Gasteiger partial charge in [0.1, 0.15) is 5.52 Å². The quantitative estimate of drug-likeness (QED) is 0.328. The van der Waals surface area contributed by atoms with Gasteiger partial charge in [0.25, 0.3) is 5.91 Å². The van der Waals surface area contributed by atoms with Gasteiger partial charge in [-0.15, -0.1) is 0 Å². The molecule has 11 heteroatoms. The number of fused-ring (bicyclic) bond motifs is 2. The number of hydrogen-bond acceptors (Lipinski definition) is 8. The molecule has 2 atom stereocenters. The number of halogens is 1. The summed E-state index contributed by atoms with van der Waals surface area (Å²) in [6, 6.07) is 6.59. The van der Waals surface area contributed by atoms with Gasteiger partial charge in [0, 0.05) is 60.1 Å². The van der Waals surface area contributed by atoms with E-state index in [0.717, 1.165) is 23.6 Å². The number of anilines is 2. The van der Waals surface area contributed by atoms with E-state index in [1.54, 1.807) is 37.6 Å². The first-order valence-corrected chi connectivity index (χ1v) is 13.0. The Kier molecular flexibility index (Phi) is 6.92. The van der Waals surface area contributed by atoms with E-state index in [1.165, 1.54) is 10.7 Å². The van der Waals surface area contributed by atoms with Crippen LogP contribution < -0.4 is 21.1 Å². The second-order valence-corrected chi connectivity index (χ2v) is 10.3. The predicted octanol–water partition coefficient (Wildman–Crippen LogP) is 3.80. The summed E-state index contributed by atoms with van der Waals surface area (Å²) in [5, 5.41) is 11.5. The van der Waals surface area contributed by atoms with Gasteiger partial charge in [0.2, 0.25) is 0 Å². The zero-order valence-corrected chi connectivity index (χ0v) is 20.9. The van der Waals surface area contributed by atoms with E-state index < -0.39 is 11.7 Å². The highest BCUT2D eigenvalue weighted by Gasteiger charge is 2.19. The SMILES string of the molecule is C[C@H](N)CNc1ccc(C(=O)Nc2cc(F)c3nn(C)cc3c2)c2nc(OCC3CCSC3)ncc12. The Labute approximate surface area is 212 Å². The van der Waals surface area contributed by atoms with Crippen LogP contribution in [0.4, 0.5) is 15.8 Å². The molecule has 1 unspecified atom stereocenters. The van der Waals surface area contributed by atoms with Crippen molar-refractivity contribution in [3.05, 3.63) is 48.0 Å². The van der Waals surface area contributed by atoms with Gasteiger partial charge in [0.05, 0.1) is 17.7 Å². The number of rotatable bonds is 8. The average molecular weight is 510 g/mol. The molecular weight excluding hydrogens is 481 g/mol. The van der Waals surface area contributed by atoms with Crippen LogP contribution in [0.3, 0.4) is 0 Å². The van der Waals surface area contributed by atoms with Crippen LogP contribution in [-0.4, -0.2) is 56.4 Å². The Balaban J connectivity index is 1.47. The van der Waals surface area contributed by atoms with Crippen molar-refractivity contribution >= 4 is 50.8 Å². The van der Waals surface area contributed by atoms with E-state index >= 15 is 0 Å². The number of benzene rings is 2. The highest BCUT2D eigenvalue weighted by Crippen LogP contribution is 2.29. The van der Waals surface area contributed by atoms with Crippen LogP contribution in [0, 0.1) is 11.7 Å². The van der Waals surface area contributed by atoms with Crippen molar-refractivity contribution in [3.8, 4) is 6.01 Å². The minimum Gasteiger partial charge on any atom is -0.463 e. The second kappa shape index (κ2) is 10.3.